The van der Waals surface area contributed by atoms with Gasteiger partial charge in [0.1, 0.15) is 5.75 Å². The fourth-order valence-corrected chi connectivity index (χ4v) is 3.82. The highest BCUT2D eigenvalue weighted by Gasteiger charge is 2.20. The van der Waals surface area contributed by atoms with E-state index in [1.165, 1.54) is 0 Å². The first-order chi connectivity index (χ1) is 15.5. The summed E-state index contributed by atoms with van der Waals surface area (Å²) in [5.74, 6) is 0.386. The monoisotopic (exact) mass is 436 g/mol. The second-order valence-corrected chi connectivity index (χ2v) is 8.18. The molecule has 3 rings (SSSR count). The topological polar surface area (TPSA) is 92.9 Å². The van der Waals surface area contributed by atoms with E-state index < -0.39 is 6.29 Å². The van der Waals surface area contributed by atoms with Crippen LogP contribution in [0, 0.1) is 0 Å². The van der Waals surface area contributed by atoms with Gasteiger partial charge in [0.2, 0.25) is 11.8 Å². The van der Waals surface area contributed by atoms with Gasteiger partial charge in [-0.05, 0) is 54.2 Å². The summed E-state index contributed by atoms with van der Waals surface area (Å²) in [6.07, 6.45) is 7.81. The molecule has 3 N–H and O–H groups in total. The second-order valence-electron chi connectivity index (χ2n) is 8.18. The van der Waals surface area contributed by atoms with Gasteiger partial charge in [0.25, 0.3) is 0 Å². The Hall–Kier alpha value is -3.12. The predicted octanol–water partition coefficient (Wildman–Crippen LogP) is 3.81. The minimum Gasteiger partial charge on any atom is -0.465 e. The zero-order valence-electron chi connectivity index (χ0n) is 18.4. The maximum absolute atomic E-state index is 12.6. The van der Waals surface area contributed by atoms with E-state index in [1.54, 1.807) is 6.08 Å². The van der Waals surface area contributed by atoms with Crippen LogP contribution in [0.4, 0.5) is 0 Å². The van der Waals surface area contributed by atoms with Crippen LogP contribution >= 0.6 is 0 Å². The highest BCUT2D eigenvalue weighted by Crippen LogP contribution is 2.25. The molecule has 2 aromatic carbocycles. The van der Waals surface area contributed by atoms with E-state index in [4.69, 9.17) is 10.5 Å². The van der Waals surface area contributed by atoms with E-state index in [-0.39, 0.29) is 11.8 Å². The zero-order chi connectivity index (χ0) is 22.8. The molecule has 1 unspecified atom stereocenters. The van der Waals surface area contributed by atoms with Crippen molar-refractivity contribution in [2.45, 2.75) is 57.8 Å². The fraction of sp³-hybridized carbons (Fsp3) is 0.385. The zero-order valence-corrected chi connectivity index (χ0v) is 18.4. The SMILES string of the molecule is NC(=O)CCCCCCC(O)Oc1ccc2c(c1)CCN(C(=O)C=Cc1ccccc1)C2. The molecular formula is C26H32N2O4. The summed E-state index contributed by atoms with van der Waals surface area (Å²) in [5, 5.41) is 10.2. The van der Waals surface area contributed by atoms with Crippen LogP contribution in [-0.4, -0.2) is 34.7 Å². The lowest BCUT2D eigenvalue weighted by atomic mass is 9.99. The molecule has 0 saturated heterocycles. The van der Waals surface area contributed by atoms with Crippen LogP contribution in [0.15, 0.2) is 54.6 Å². The highest BCUT2D eigenvalue weighted by atomic mass is 16.6. The summed E-state index contributed by atoms with van der Waals surface area (Å²) >= 11 is 0. The first-order valence-corrected chi connectivity index (χ1v) is 11.3. The van der Waals surface area contributed by atoms with Crippen molar-refractivity contribution in [2.24, 2.45) is 5.73 Å². The van der Waals surface area contributed by atoms with Gasteiger partial charge in [0.05, 0.1) is 0 Å². The van der Waals surface area contributed by atoms with E-state index in [9.17, 15) is 14.7 Å². The Morgan fingerprint density at radius 2 is 1.84 bits per heavy atom. The molecule has 32 heavy (non-hydrogen) atoms. The standard InChI is InChI=1S/C26H32N2O4/c27-24(29)10-6-1-2-7-11-26(31)32-23-14-13-22-19-28(17-16-21(22)18-23)25(30)15-12-20-8-4-3-5-9-20/h3-5,8-9,12-15,18,26,31H,1-2,6-7,10-11,16-17,19H2,(H2,27,29). The number of hydrogen-bond acceptors (Lipinski definition) is 4. The molecule has 0 aromatic heterocycles. The average molecular weight is 437 g/mol. The van der Waals surface area contributed by atoms with Gasteiger partial charge < -0.3 is 20.5 Å². The number of fused-ring (bicyclic) bond motifs is 1. The van der Waals surface area contributed by atoms with Crippen molar-refractivity contribution in [2.75, 3.05) is 6.54 Å². The number of primary amides is 1. The van der Waals surface area contributed by atoms with Crippen molar-refractivity contribution >= 4 is 17.9 Å². The quantitative estimate of drug-likeness (QED) is 0.318. The van der Waals surface area contributed by atoms with Gasteiger partial charge in [-0.25, -0.2) is 0 Å². The summed E-state index contributed by atoms with van der Waals surface area (Å²) in [7, 11) is 0. The number of carbonyl (C=O) groups is 2. The Balaban J connectivity index is 1.44. The number of nitrogens with zero attached hydrogens (tertiary/aromatic N) is 1. The lowest BCUT2D eigenvalue weighted by Crippen LogP contribution is -2.34. The number of ether oxygens (including phenoxy) is 1. The summed E-state index contributed by atoms with van der Waals surface area (Å²) in [6, 6.07) is 15.6. The molecule has 0 bridgehead atoms. The van der Waals surface area contributed by atoms with Crippen molar-refractivity contribution < 1.29 is 19.4 Å². The molecule has 1 aliphatic rings. The fourth-order valence-electron chi connectivity index (χ4n) is 3.82. The van der Waals surface area contributed by atoms with Crippen LogP contribution in [0.2, 0.25) is 0 Å². The number of aliphatic hydroxyl groups is 1. The van der Waals surface area contributed by atoms with Crippen molar-refractivity contribution in [1.82, 2.24) is 4.90 Å². The molecule has 1 aliphatic heterocycles. The van der Waals surface area contributed by atoms with Gasteiger partial charge in [-0.15, -0.1) is 0 Å². The molecule has 0 fully saturated rings. The van der Waals surface area contributed by atoms with Crippen molar-refractivity contribution in [3.8, 4) is 5.75 Å². The molecule has 6 heteroatoms. The first kappa shape index (κ1) is 23.5. The van der Waals surface area contributed by atoms with E-state index in [0.717, 1.165) is 48.8 Å². The molecule has 2 aromatic rings. The molecule has 2 amide bonds. The number of hydrogen-bond donors (Lipinski definition) is 2. The summed E-state index contributed by atoms with van der Waals surface area (Å²) < 4.78 is 5.68. The van der Waals surface area contributed by atoms with Gasteiger partial charge >= 0.3 is 0 Å². The first-order valence-electron chi connectivity index (χ1n) is 11.3. The van der Waals surface area contributed by atoms with Gasteiger partial charge in [0, 0.05) is 32.0 Å². The maximum Gasteiger partial charge on any atom is 0.246 e. The molecule has 0 aliphatic carbocycles. The van der Waals surface area contributed by atoms with Crippen LogP contribution in [0.5, 0.6) is 5.75 Å². The van der Waals surface area contributed by atoms with E-state index in [1.807, 2.05) is 59.5 Å². The van der Waals surface area contributed by atoms with E-state index >= 15 is 0 Å². The minimum atomic E-state index is -0.853. The summed E-state index contributed by atoms with van der Waals surface area (Å²) in [6.45, 7) is 1.23. The lowest BCUT2D eigenvalue weighted by Gasteiger charge is -2.28. The Kier molecular flexibility index (Phi) is 8.87. The summed E-state index contributed by atoms with van der Waals surface area (Å²) in [5.41, 5.74) is 8.39. The van der Waals surface area contributed by atoms with Crippen molar-refractivity contribution in [1.29, 1.82) is 0 Å². The molecular weight excluding hydrogens is 404 g/mol. The molecule has 1 atom stereocenters. The van der Waals surface area contributed by atoms with Gasteiger partial charge in [-0.3, -0.25) is 9.59 Å². The Labute approximate surface area is 189 Å². The Morgan fingerprint density at radius 1 is 1.06 bits per heavy atom. The van der Waals surface area contributed by atoms with Crippen LogP contribution in [0.3, 0.4) is 0 Å². The van der Waals surface area contributed by atoms with Crippen LogP contribution in [0.25, 0.3) is 6.08 Å². The number of unbranched alkanes of at least 4 members (excludes halogenated alkanes) is 3. The largest absolute Gasteiger partial charge is 0.465 e. The molecule has 0 radical (unpaired) electrons. The third kappa shape index (κ3) is 7.54. The molecule has 1 heterocycles. The van der Waals surface area contributed by atoms with Crippen LogP contribution in [-0.2, 0) is 22.6 Å². The van der Waals surface area contributed by atoms with E-state index in [0.29, 0.717) is 31.7 Å². The predicted molar refractivity (Wildman–Crippen MR) is 125 cm³/mol. The number of rotatable bonds is 11. The van der Waals surface area contributed by atoms with Gasteiger partial charge in [0.15, 0.2) is 6.29 Å². The third-order valence-corrected chi connectivity index (χ3v) is 5.62. The number of nitrogens with two attached hydrogens (primary N) is 1. The minimum absolute atomic E-state index is 0.00563. The molecule has 0 spiro atoms. The molecule has 170 valence electrons. The lowest BCUT2D eigenvalue weighted by molar-refractivity contribution is -0.126. The van der Waals surface area contributed by atoms with Gasteiger partial charge in [-0.2, -0.15) is 0 Å². The number of amides is 2. The van der Waals surface area contributed by atoms with Crippen molar-refractivity contribution in [3.63, 3.8) is 0 Å². The van der Waals surface area contributed by atoms with E-state index in [2.05, 4.69) is 0 Å². The Bertz CT molecular complexity index is 927. The van der Waals surface area contributed by atoms with Gasteiger partial charge in [-0.1, -0.05) is 49.2 Å². The Morgan fingerprint density at radius 3 is 2.62 bits per heavy atom. The third-order valence-electron chi connectivity index (χ3n) is 5.62. The number of aliphatic hydroxyl groups excluding tert-OH is 1. The van der Waals surface area contributed by atoms with Crippen LogP contribution < -0.4 is 10.5 Å². The normalized spacial score (nSPS) is 14.2. The maximum atomic E-state index is 12.6. The number of benzene rings is 2. The number of carbonyl (C=O) groups excluding carboxylic acids is 2. The summed E-state index contributed by atoms with van der Waals surface area (Å²) in [4.78, 5) is 25.1. The second kappa shape index (κ2) is 12.1. The van der Waals surface area contributed by atoms with Crippen LogP contribution in [0.1, 0.15) is 55.2 Å². The highest BCUT2D eigenvalue weighted by molar-refractivity contribution is 5.91. The molecule has 6 nitrogen and oxygen atoms in total. The average Bonchev–Trinajstić information content (AvgIpc) is 2.80. The van der Waals surface area contributed by atoms with Crippen molar-refractivity contribution in [3.05, 3.63) is 71.3 Å². The molecule has 0 saturated carbocycles. The smallest absolute Gasteiger partial charge is 0.246 e.